The molecule has 11 nitrogen and oxygen atoms in total. The minimum Gasteiger partial charge on any atom is -0.756 e. The summed E-state index contributed by atoms with van der Waals surface area (Å²) in [6.07, 6.45) is 21.1. The van der Waals surface area contributed by atoms with Crippen LogP contribution in [0.5, 0.6) is 5.88 Å². The summed E-state index contributed by atoms with van der Waals surface area (Å²) in [7, 11) is -4.59. The molecule has 2 atom stereocenters. The molecule has 0 aliphatic carbocycles. The van der Waals surface area contributed by atoms with Crippen LogP contribution in [0.4, 0.5) is 4.79 Å². The molecular formula is C29H50N3O8PS. The van der Waals surface area contributed by atoms with Gasteiger partial charge in [-0.05, 0) is 11.6 Å². The number of aromatic nitrogens is 2. The number of hydrogen-bond donors (Lipinski definition) is 1. The Bertz CT molecular complexity index is 949. The average molecular weight is 632 g/mol. The molecule has 0 saturated heterocycles. The standard InChI is InChI=1S/C29H50N3O8PS/c1-2-3-4-5-6-7-8-9-10-11-12-13-14-15-16-19-31-29(33)36-24-26(40-27-17-21-37-32-27)25-39-41(34,35)38-22-18-28-30-20-23-42-28/h17,20-21,23,26H,2-16,18-19,22,24-25H2,1H3,(H,31,33)(H,34,35)/t26-/m1/s1. The molecule has 0 bridgehead atoms. The molecular weight excluding hydrogens is 581 g/mol. The number of phosphoric acid groups is 1. The highest BCUT2D eigenvalue weighted by Gasteiger charge is 2.20. The van der Waals surface area contributed by atoms with Gasteiger partial charge in [0.2, 0.25) is 5.01 Å². The van der Waals surface area contributed by atoms with Crippen molar-refractivity contribution in [2.24, 2.45) is 0 Å². The number of unbranched alkanes of at least 4 members (excludes halogenated alkanes) is 14. The molecule has 0 aromatic carbocycles. The highest BCUT2D eigenvalue weighted by Crippen LogP contribution is 2.38. The van der Waals surface area contributed by atoms with E-state index in [1.165, 1.54) is 101 Å². The normalized spacial score (nSPS) is 13.5. The van der Waals surface area contributed by atoms with Crippen molar-refractivity contribution in [2.75, 3.05) is 26.4 Å². The van der Waals surface area contributed by atoms with Crippen molar-refractivity contribution in [3.8, 4) is 5.88 Å². The monoisotopic (exact) mass is 631 g/mol. The predicted molar refractivity (Wildman–Crippen MR) is 159 cm³/mol. The molecule has 0 aliphatic heterocycles. The molecule has 240 valence electrons. The van der Waals surface area contributed by atoms with E-state index in [4.69, 9.17) is 23.0 Å². The van der Waals surface area contributed by atoms with Gasteiger partial charge in [-0.3, -0.25) is 4.57 Å². The van der Waals surface area contributed by atoms with Crippen molar-refractivity contribution in [3.63, 3.8) is 0 Å². The zero-order valence-corrected chi connectivity index (χ0v) is 26.8. The van der Waals surface area contributed by atoms with Gasteiger partial charge < -0.3 is 33.3 Å². The van der Waals surface area contributed by atoms with Gasteiger partial charge in [-0.2, -0.15) is 0 Å². The van der Waals surface area contributed by atoms with Crippen molar-refractivity contribution in [1.29, 1.82) is 0 Å². The van der Waals surface area contributed by atoms with E-state index in [1.54, 1.807) is 6.20 Å². The summed E-state index contributed by atoms with van der Waals surface area (Å²) in [5.41, 5.74) is 0. The third-order valence-electron chi connectivity index (χ3n) is 6.67. The molecule has 0 aliphatic rings. The highest BCUT2D eigenvalue weighted by atomic mass is 32.1. The van der Waals surface area contributed by atoms with Crippen LogP contribution in [0.25, 0.3) is 0 Å². The fourth-order valence-electron chi connectivity index (χ4n) is 4.33. The zero-order chi connectivity index (χ0) is 30.1. The number of nitrogens with zero attached hydrogens (tertiary/aromatic N) is 1. The smallest absolute Gasteiger partial charge is 0.407 e. The maximum atomic E-state index is 12.1. The Morgan fingerprint density at radius 1 is 1.00 bits per heavy atom. The van der Waals surface area contributed by atoms with Crippen LogP contribution in [-0.4, -0.2) is 43.7 Å². The van der Waals surface area contributed by atoms with E-state index < -0.39 is 26.6 Å². The van der Waals surface area contributed by atoms with Gasteiger partial charge in [0.15, 0.2) is 12.3 Å². The van der Waals surface area contributed by atoms with Crippen LogP contribution in [-0.2, 0) is 24.8 Å². The van der Waals surface area contributed by atoms with Crippen LogP contribution in [0.15, 0.2) is 28.4 Å². The lowest BCUT2D eigenvalue weighted by Gasteiger charge is -2.25. The number of H-pyrrole nitrogens is 1. The number of aromatic amines is 1. The topological polar surface area (TPSA) is 146 Å². The molecule has 2 aromatic rings. The molecule has 13 heteroatoms. The van der Waals surface area contributed by atoms with E-state index >= 15 is 0 Å². The number of nitrogens with one attached hydrogen (secondary N) is 2. The number of amides is 1. The second-order valence-corrected chi connectivity index (χ2v) is 12.8. The van der Waals surface area contributed by atoms with E-state index in [9.17, 15) is 14.3 Å². The van der Waals surface area contributed by atoms with Crippen LogP contribution < -0.4 is 19.9 Å². The molecule has 1 amide bonds. The van der Waals surface area contributed by atoms with Gasteiger partial charge in [-0.1, -0.05) is 108 Å². The van der Waals surface area contributed by atoms with E-state index in [0.717, 1.165) is 24.3 Å². The van der Waals surface area contributed by atoms with E-state index in [0.29, 0.717) is 13.0 Å². The van der Waals surface area contributed by atoms with Gasteiger partial charge in [0, 0.05) is 12.6 Å². The maximum absolute atomic E-state index is 12.1. The van der Waals surface area contributed by atoms with Gasteiger partial charge in [-0.25, -0.2) is 9.78 Å². The van der Waals surface area contributed by atoms with Gasteiger partial charge in [0.05, 0.1) is 25.0 Å². The molecule has 2 aromatic heterocycles. The first-order valence-corrected chi connectivity index (χ1v) is 17.8. The number of thiazole rings is 1. The minimum absolute atomic E-state index is 0.0647. The molecule has 0 saturated carbocycles. The Kier molecular flexibility index (Phi) is 20.2. The first-order valence-electron chi connectivity index (χ1n) is 15.5. The van der Waals surface area contributed by atoms with Crippen LogP contribution >= 0.6 is 19.2 Å². The number of ether oxygens (including phenoxy) is 2. The van der Waals surface area contributed by atoms with Crippen molar-refractivity contribution in [3.05, 3.63) is 28.9 Å². The SMILES string of the molecule is CCCCCCCCCCCCCCCCCNC(=O)OC[C@H](COP(=O)([O-])OCCc1[nH+]ccs1)Oc1ccon1. The van der Waals surface area contributed by atoms with Crippen molar-refractivity contribution in [1.82, 2.24) is 10.5 Å². The van der Waals surface area contributed by atoms with E-state index in [1.807, 2.05) is 5.38 Å². The second-order valence-electron chi connectivity index (χ2n) is 10.4. The Hall–Kier alpha value is -1.98. The van der Waals surface area contributed by atoms with E-state index in [2.05, 4.69) is 22.4 Å². The van der Waals surface area contributed by atoms with Gasteiger partial charge in [0.1, 0.15) is 12.9 Å². The lowest BCUT2D eigenvalue weighted by molar-refractivity contribution is -0.382. The molecule has 0 radical (unpaired) electrons. The third kappa shape index (κ3) is 19.3. The second kappa shape index (κ2) is 23.5. The van der Waals surface area contributed by atoms with Gasteiger partial charge >= 0.3 is 6.09 Å². The number of rotatable bonds is 27. The summed E-state index contributed by atoms with van der Waals surface area (Å²) in [5.74, 6) is 0.111. The van der Waals surface area contributed by atoms with Gasteiger partial charge in [0.25, 0.3) is 13.7 Å². The fraction of sp³-hybridized carbons (Fsp3) is 0.759. The van der Waals surface area contributed by atoms with Crippen molar-refractivity contribution in [2.45, 2.75) is 116 Å². The average Bonchev–Trinajstić information content (AvgIpc) is 3.69. The van der Waals surface area contributed by atoms with Gasteiger partial charge in [-0.15, -0.1) is 0 Å². The zero-order valence-electron chi connectivity index (χ0n) is 25.1. The summed E-state index contributed by atoms with van der Waals surface area (Å²) in [5, 5.41) is 9.10. The lowest BCUT2D eigenvalue weighted by Crippen LogP contribution is -2.34. The molecule has 1 unspecified atom stereocenters. The number of carbonyl (C=O) groups excluding carboxylic acids is 1. The summed E-state index contributed by atoms with van der Waals surface area (Å²) >= 11 is 1.46. The minimum atomic E-state index is -4.59. The lowest BCUT2D eigenvalue weighted by atomic mass is 10.0. The van der Waals surface area contributed by atoms with Crippen molar-refractivity contribution >= 4 is 25.3 Å². The summed E-state index contributed by atoms with van der Waals surface area (Å²) in [6, 6.07) is 1.45. The first-order chi connectivity index (χ1) is 20.5. The molecule has 0 spiro atoms. The molecule has 42 heavy (non-hydrogen) atoms. The van der Waals surface area contributed by atoms with E-state index in [-0.39, 0.29) is 19.1 Å². The summed E-state index contributed by atoms with van der Waals surface area (Å²) in [6.45, 7) is 2.03. The summed E-state index contributed by atoms with van der Waals surface area (Å²) < 4.78 is 37.5. The quantitative estimate of drug-likeness (QED) is 0.0847. The first kappa shape index (κ1) is 36.2. The Morgan fingerprint density at radius 2 is 1.64 bits per heavy atom. The van der Waals surface area contributed by atoms with Crippen LogP contribution in [0.3, 0.4) is 0 Å². The number of phosphoric ester groups is 1. The largest absolute Gasteiger partial charge is 0.756 e. The maximum Gasteiger partial charge on any atom is 0.407 e. The number of alkyl carbamates (subject to hydrolysis) is 1. The highest BCUT2D eigenvalue weighted by molar-refractivity contribution is 7.45. The third-order valence-corrected chi connectivity index (χ3v) is 8.51. The Balaban J connectivity index is 1.50. The molecule has 2 rings (SSSR count). The van der Waals surface area contributed by atoms with Crippen LogP contribution in [0, 0.1) is 0 Å². The fourth-order valence-corrected chi connectivity index (χ4v) is 5.70. The molecule has 2 heterocycles. The Labute approximate surface area is 254 Å². The van der Waals surface area contributed by atoms with Crippen LogP contribution in [0.1, 0.15) is 108 Å². The molecule has 2 N–H and O–H groups in total. The molecule has 0 fully saturated rings. The predicted octanol–water partition coefficient (Wildman–Crippen LogP) is 6.64. The number of carbonyl (C=O) groups is 1. The van der Waals surface area contributed by atoms with Crippen molar-refractivity contribution < 1.29 is 42.3 Å². The number of hydrogen-bond acceptors (Lipinski definition) is 10. The van der Waals surface area contributed by atoms with Crippen LogP contribution in [0.2, 0.25) is 0 Å². The Morgan fingerprint density at radius 3 is 2.21 bits per heavy atom. The summed E-state index contributed by atoms with van der Waals surface area (Å²) in [4.78, 5) is 27.3.